The Morgan fingerprint density at radius 3 is 3.10 bits per heavy atom. The number of H-pyrrole nitrogens is 1. The number of nitro groups is 1. The van der Waals surface area contributed by atoms with Crippen molar-refractivity contribution in [1.82, 2.24) is 9.97 Å². The average Bonchev–Trinajstić information content (AvgIpc) is 3.03. The van der Waals surface area contributed by atoms with Gasteiger partial charge in [0.15, 0.2) is 0 Å². The second kappa shape index (κ2) is 5.32. The molecule has 0 radical (unpaired) electrons. The fourth-order valence-electron chi connectivity index (χ4n) is 2.73. The molecule has 1 aromatic heterocycles. The van der Waals surface area contributed by atoms with Crippen molar-refractivity contribution in [3.8, 4) is 0 Å². The van der Waals surface area contributed by atoms with Crippen molar-refractivity contribution in [1.29, 1.82) is 0 Å². The molecule has 106 valence electrons. The van der Waals surface area contributed by atoms with Crippen LogP contribution in [-0.2, 0) is 0 Å². The van der Waals surface area contributed by atoms with E-state index in [0.29, 0.717) is 22.8 Å². The van der Waals surface area contributed by atoms with Gasteiger partial charge in [0.25, 0.3) is 5.69 Å². The van der Waals surface area contributed by atoms with Crippen LogP contribution in [0.4, 0.5) is 11.6 Å². The molecule has 2 N–H and O–H groups in total. The minimum Gasteiger partial charge on any atom is -0.352 e. The highest BCUT2D eigenvalue weighted by atomic mass is 32.2. The molecule has 0 bridgehead atoms. The molecule has 1 saturated carbocycles. The Labute approximate surface area is 120 Å². The average molecular weight is 292 g/mol. The molecule has 0 spiro atoms. The first-order chi connectivity index (χ1) is 9.67. The second-order valence-corrected chi connectivity index (χ2v) is 6.08. The van der Waals surface area contributed by atoms with Crippen LogP contribution in [0.3, 0.4) is 0 Å². The number of anilines is 1. The largest absolute Gasteiger partial charge is 0.352 e. The van der Waals surface area contributed by atoms with E-state index in [4.69, 9.17) is 0 Å². The third kappa shape index (κ3) is 2.45. The highest BCUT2D eigenvalue weighted by Gasteiger charge is 2.27. The van der Waals surface area contributed by atoms with Crippen LogP contribution in [-0.4, -0.2) is 32.4 Å². The lowest BCUT2D eigenvalue weighted by Gasteiger charge is -2.18. The molecule has 0 amide bonds. The Morgan fingerprint density at radius 2 is 2.35 bits per heavy atom. The van der Waals surface area contributed by atoms with Gasteiger partial charge in [0, 0.05) is 23.4 Å². The molecule has 1 fully saturated rings. The van der Waals surface area contributed by atoms with Crippen molar-refractivity contribution >= 4 is 34.4 Å². The van der Waals surface area contributed by atoms with E-state index in [9.17, 15) is 10.1 Å². The first kappa shape index (κ1) is 13.2. The molecule has 1 aliphatic carbocycles. The number of nitrogens with one attached hydrogen (secondary N) is 2. The van der Waals surface area contributed by atoms with Gasteiger partial charge in [-0.05, 0) is 25.2 Å². The van der Waals surface area contributed by atoms with Gasteiger partial charge in [-0.2, -0.15) is 11.8 Å². The molecule has 0 aliphatic heterocycles. The van der Waals surface area contributed by atoms with Gasteiger partial charge in [-0.15, -0.1) is 0 Å². The number of non-ortho nitro benzene ring substituents is 1. The van der Waals surface area contributed by atoms with Crippen LogP contribution in [0.2, 0.25) is 0 Å². The molecule has 2 aromatic rings. The molecule has 2 unspecified atom stereocenters. The number of nitrogens with zero attached hydrogens (tertiary/aromatic N) is 2. The highest BCUT2D eigenvalue weighted by molar-refractivity contribution is 7.99. The minimum atomic E-state index is -0.395. The van der Waals surface area contributed by atoms with Gasteiger partial charge in [0.05, 0.1) is 16.0 Å². The number of imidazole rings is 1. The summed E-state index contributed by atoms with van der Waals surface area (Å²) in [5, 5.41) is 14.8. The van der Waals surface area contributed by atoms with Gasteiger partial charge in [0.1, 0.15) is 0 Å². The van der Waals surface area contributed by atoms with Crippen molar-refractivity contribution in [3.63, 3.8) is 0 Å². The topological polar surface area (TPSA) is 83.8 Å². The Hall–Kier alpha value is -1.76. The number of rotatable bonds is 4. The number of thioether (sulfide) groups is 1. The molecule has 3 rings (SSSR count). The van der Waals surface area contributed by atoms with E-state index in [1.54, 1.807) is 6.07 Å². The summed E-state index contributed by atoms with van der Waals surface area (Å²) in [6.45, 7) is 0. The monoisotopic (exact) mass is 292 g/mol. The fourth-order valence-corrected chi connectivity index (χ4v) is 3.66. The zero-order chi connectivity index (χ0) is 14.1. The van der Waals surface area contributed by atoms with Crippen LogP contribution in [0.25, 0.3) is 11.0 Å². The molecule has 20 heavy (non-hydrogen) atoms. The summed E-state index contributed by atoms with van der Waals surface area (Å²) in [7, 11) is 0. The van der Waals surface area contributed by atoms with E-state index in [1.165, 1.54) is 25.0 Å². The standard InChI is InChI=1S/C13H16N4O2S/c1-20-12-4-2-3-10(12)15-13-14-9-6-5-8(17(18)19)7-11(9)16-13/h5-7,10,12H,2-4H2,1H3,(H2,14,15,16). The summed E-state index contributed by atoms with van der Waals surface area (Å²) < 4.78 is 0. The molecule has 1 aliphatic rings. The predicted molar refractivity (Wildman–Crippen MR) is 81.3 cm³/mol. The SMILES string of the molecule is CSC1CCCC1Nc1nc2ccc([N+](=O)[O-])cc2[nH]1. The fraction of sp³-hybridized carbons (Fsp3) is 0.462. The molecule has 1 heterocycles. The van der Waals surface area contributed by atoms with E-state index in [-0.39, 0.29) is 5.69 Å². The maximum absolute atomic E-state index is 10.8. The van der Waals surface area contributed by atoms with Crippen LogP contribution in [0, 0.1) is 10.1 Å². The summed E-state index contributed by atoms with van der Waals surface area (Å²) in [6, 6.07) is 5.10. The van der Waals surface area contributed by atoms with Crippen molar-refractivity contribution in [2.24, 2.45) is 0 Å². The van der Waals surface area contributed by atoms with Crippen molar-refractivity contribution in [3.05, 3.63) is 28.3 Å². The summed E-state index contributed by atoms with van der Waals surface area (Å²) >= 11 is 1.88. The third-order valence-corrected chi connectivity index (χ3v) is 4.92. The normalized spacial score (nSPS) is 22.2. The molecular weight excluding hydrogens is 276 g/mol. The van der Waals surface area contributed by atoms with Crippen molar-refractivity contribution < 1.29 is 4.92 Å². The van der Waals surface area contributed by atoms with E-state index in [2.05, 4.69) is 21.5 Å². The maximum atomic E-state index is 10.8. The first-order valence-electron chi connectivity index (χ1n) is 6.61. The molecule has 7 heteroatoms. The van der Waals surface area contributed by atoms with E-state index in [0.717, 1.165) is 11.9 Å². The summed E-state index contributed by atoms with van der Waals surface area (Å²) in [4.78, 5) is 17.9. The lowest BCUT2D eigenvalue weighted by molar-refractivity contribution is -0.384. The van der Waals surface area contributed by atoms with E-state index < -0.39 is 4.92 Å². The van der Waals surface area contributed by atoms with Crippen LogP contribution in [0.5, 0.6) is 0 Å². The van der Waals surface area contributed by atoms with Gasteiger partial charge in [-0.1, -0.05) is 6.42 Å². The van der Waals surface area contributed by atoms with E-state index in [1.807, 2.05) is 11.8 Å². The van der Waals surface area contributed by atoms with Crippen molar-refractivity contribution in [2.75, 3.05) is 11.6 Å². The lowest BCUT2D eigenvalue weighted by Crippen LogP contribution is -2.26. The molecule has 1 aromatic carbocycles. The Kier molecular flexibility index (Phi) is 3.52. The molecule has 2 atom stereocenters. The number of aromatic nitrogens is 2. The predicted octanol–water partition coefficient (Wildman–Crippen LogP) is 3.17. The second-order valence-electron chi connectivity index (χ2n) is 5.00. The van der Waals surface area contributed by atoms with Crippen LogP contribution in [0.1, 0.15) is 19.3 Å². The Bertz CT molecular complexity index is 642. The zero-order valence-electron chi connectivity index (χ0n) is 11.1. The quantitative estimate of drug-likeness (QED) is 0.668. The van der Waals surface area contributed by atoms with Gasteiger partial charge < -0.3 is 10.3 Å². The molecule has 0 saturated heterocycles. The Morgan fingerprint density at radius 1 is 1.50 bits per heavy atom. The smallest absolute Gasteiger partial charge is 0.271 e. The number of nitro benzene ring substituents is 1. The summed E-state index contributed by atoms with van der Waals surface area (Å²) in [6.07, 6.45) is 5.73. The zero-order valence-corrected chi connectivity index (χ0v) is 11.9. The Balaban J connectivity index is 1.84. The summed E-state index contributed by atoms with van der Waals surface area (Å²) in [5.74, 6) is 0.700. The van der Waals surface area contributed by atoms with Crippen LogP contribution < -0.4 is 5.32 Å². The van der Waals surface area contributed by atoms with Gasteiger partial charge in [-0.3, -0.25) is 10.1 Å². The first-order valence-corrected chi connectivity index (χ1v) is 7.89. The highest BCUT2D eigenvalue weighted by Crippen LogP contribution is 2.30. The third-order valence-electron chi connectivity index (χ3n) is 3.75. The van der Waals surface area contributed by atoms with Gasteiger partial charge in [-0.25, -0.2) is 4.98 Å². The van der Waals surface area contributed by atoms with Gasteiger partial charge >= 0.3 is 0 Å². The molecule has 6 nitrogen and oxygen atoms in total. The lowest BCUT2D eigenvalue weighted by atomic mass is 10.2. The van der Waals surface area contributed by atoms with Crippen LogP contribution in [0.15, 0.2) is 18.2 Å². The summed E-state index contributed by atoms with van der Waals surface area (Å²) in [5.41, 5.74) is 1.52. The number of fused-ring (bicyclic) bond motifs is 1. The minimum absolute atomic E-state index is 0.0792. The number of hydrogen-bond acceptors (Lipinski definition) is 5. The number of aromatic amines is 1. The van der Waals surface area contributed by atoms with Gasteiger partial charge in [0.2, 0.25) is 5.95 Å². The van der Waals surface area contributed by atoms with Crippen molar-refractivity contribution in [2.45, 2.75) is 30.6 Å². The number of benzene rings is 1. The number of hydrogen-bond donors (Lipinski definition) is 2. The van der Waals surface area contributed by atoms with E-state index >= 15 is 0 Å². The maximum Gasteiger partial charge on any atom is 0.271 e. The van der Waals surface area contributed by atoms with Crippen LogP contribution >= 0.6 is 11.8 Å². The molecular formula is C13H16N4O2S.